The maximum Gasteiger partial charge on any atom is 0.132 e. The molecule has 0 unspecified atom stereocenters. The lowest BCUT2D eigenvalue weighted by Gasteiger charge is -2.01. The molecule has 0 aliphatic carbocycles. The van der Waals surface area contributed by atoms with E-state index in [-0.39, 0.29) is 0 Å². The largest absolute Gasteiger partial charge is 0.268 e. The molecular weight excluding hydrogens is 207 g/mol. The van der Waals surface area contributed by atoms with Crippen LogP contribution in [-0.4, -0.2) is 9.78 Å². The van der Waals surface area contributed by atoms with Gasteiger partial charge in [-0.15, -0.1) is 23.2 Å². The molecule has 0 spiro atoms. The van der Waals surface area contributed by atoms with Gasteiger partial charge in [0.2, 0.25) is 0 Å². The van der Waals surface area contributed by atoms with Crippen molar-refractivity contribution in [2.75, 3.05) is 0 Å². The van der Waals surface area contributed by atoms with Crippen molar-refractivity contribution in [3.63, 3.8) is 0 Å². The number of hydrogen-bond donors (Lipinski definition) is 0. The summed E-state index contributed by atoms with van der Waals surface area (Å²) in [5.74, 6) is 0. The molecule has 2 aromatic rings. The first-order chi connectivity index (χ1) is 6.18. The van der Waals surface area contributed by atoms with Gasteiger partial charge in [0.25, 0.3) is 0 Å². The molecule has 1 aromatic carbocycles. The van der Waals surface area contributed by atoms with Gasteiger partial charge in [-0.3, -0.25) is 4.68 Å². The zero-order chi connectivity index (χ0) is 9.42. The summed E-state index contributed by atoms with van der Waals surface area (Å²) in [4.78, 5) is -0.468. The van der Waals surface area contributed by atoms with Crippen LogP contribution in [0.2, 0.25) is 0 Å². The first-order valence-corrected chi connectivity index (χ1v) is 4.75. The van der Waals surface area contributed by atoms with Crippen molar-refractivity contribution in [3.05, 3.63) is 30.0 Å². The Hall–Kier alpha value is -0.730. The lowest BCUT2D eigenvalue weighted by Crippen LogP contribution is -1.88. The Morgan fingerprint density at radius 3 is 2.85 bits per heavy atom. The van der Waals surface area contributed by atoms with Crippen LogP contribution in [0.15, 0.2) is 24.4 Å². The number of rotatable bonds is 1. The number of halogens is 2. The Kier molecular flexibility index (Phi) is 2.18. The van der Waals surface area contributed by atoms with Crippen molar-refractivity contribution in [1.82, 2.24) is 9.78 Å². The van der Waals surface area contributed by atoms with Crippen molar-refractivity contribution in [3.8, 4) is 0 Å². The highest BCUT2D eigenvalue weighted by atomic mass is 35.5. The fraction of sp³-hybridized carbons (Fsp3) is 0.222. The fourth-order valence-corrected chi connectivity index (χ4v) is 1.59. The third kappa shape index (κ3) is 1.52. The monoisotopic (exact) mass is 214 g/mol. The Morgan fingerprint density at radius 2 is 2.15 bits per heavy atom. The van der Waals surface area contributed by atoms with E-state index < -0.39 is 4.84 Å². The second-order valence-corrected chi connectivity index (χ2v) is 3.98. The van der Waals surface area contributed by atoms with Gasteiger partial charge >= 0.3 is 0 Å². The van der Waals surface area contributed by atoms with Crippen molar-refractivity contribution < 1.29 is 0 Å². The number of hydrogen-bond acceptors (Lipinski definition) is 1. The third-order valence-corrected chi connectivity index (χ3v) is 2.53. The average Bonchev–Trinajstić information content (AvgIpc) is 2.47. The molecular formula is C9H8Cl2N2. The SMILES string of the molecule is Cn1ncc2cc(C(Cl)Cl)ccc21. The summed E-state index contributed by atoms with van der Waals surface area (Å²) < 4.78 is 1.82. The molecule has 1 heterocycles. The van der Waals surface area contributed by atoms with E-state index in [1.807, 2.05) is 29.9 Å². The van der Waals surface area contributed by atoms with E-state index in [0.717, 1.165) is 16.5 Å². The van der Waals surface area contributed by atoms with Gasteiger partial charge in [0.05, 0.1) is 11.7 Å². The summed E-state index contributed by atoms with van der Waals surface area (Å²) >= 11 is 11.5. The quantitative estimate of drug-likeness (QED) is 0.668. The van der Waals surface area contributed by atoms with E-state index in [1.54, 1.807) is 6.20 Å². The molecule has 0 aliphatic heterocycles. The Morgan fingerprint density at radius 1 is 1.38 bits per heavy atom. The van der Waals surface area contributed by atoms with Crippen LogP contribution in [0.1, 0.15) is 10.4 Å². The first kappa shape index (κ1) is 8.85. The van der Waals surface area contributed by atoms with Crippen LogP contribution in [0.5, 0.6) is 0 Å². The molecule has 0 N–H and O–H groups in total. The highest BCUT2D eigenvalue weighted by Gasteiger charge is 2.05. The van der Waals surface area contributed by atoms with Crippen LogP contribution in [0.4, 0.5) is 0 Å². The smallest absolute Gasteiger partial charge is 0.132 e. The molecule has 2 nitrogen and oxygen atoms in total. The molecule has 0 aliphatic rings. The molecule has 2 rings (SSSR count). The van der Waals surface area contributed by atoms with Crippen LogP contribution in [0.25, 0.3) is 10.9 Å². The van der Waals surface area contributed by atoms with E-state index in [1.165, 1.54) is 0 Å². The average molecular weight is 215 g/mol. The summed E-state index contributed by atoms with van der Waals surface area (Å²) in [5, 5.41) is 5.19. The van der Waals surface area contributed by atoms with Crippen molar-refractivity contribution in [2.24, 2.45) is 7.05 Å². The minimum atomic E-state index is -0.468. The van der Waals surface area contributed by atoms with E-state index >= 15 is 0 Å². The molecule has 0 radical (unpaired) electrons. The normalized spacial score (nSPS) is 11.4. The van der Waals surface area contributed by atoms with Gasteiger partial charge in [-0.25, -0.2) is 0 Å². The second kappa shape index (κ2) is 3.20. The topological polar surface area (TPSA) is 17.8 Å². The zero-order valence-corrected chi connectivity index (χ0v) is 8.55. The Bertz CT molecular complexity index is 434. The molecule has 1 aromatic heterocycles. The number of aromatic nitrogens is 2. The zero-order valence-electron chi connectivity index (χ0n) is 7.04. The molecule has 13 heavy (non-hydrogen) atoms. The van der Waals surface area contributed by atoms with Gasteiger partial charge in [-0.1, -0.05) is 6.07 Å². The van der Waals surface area contributed by atoms with Crippen LogP contribution >= 0.6 is 23.2 Å². The summed E-state index contributed by atoms with van der Waals surface area (Å²) in [5.41, 5.74) is 1.99. The number of aryl methyl sites for hydroxylation is 1. The van der Waals surface area contributed by atoms with Crippen molar-refractivity contribution in [2.45, 2.75) is 4.84 Å². The van der Waals surface area contributed by atoms with Crippen LogP contribution in [0.3, 0.4) is 0 Å². The maximum absolute atomic E-state index is 5.75. The van der Waals surface area contributed by atoms with E-state index in [9.17, 15) is 0 Å². The maximum atomic E-state index is 5.75. The molecule has 0 amide bonds. The first-order valence-electron chi connectivity index (χ1n) is 3.88. The molecule has 0 saturated carbocycles. The summed E-state index contributed by atoms with van der Waals surface area (Å²) in [6.07, 6.45) is 1.80. The standard InChI is InChI=1S/C9H8Cl2N2/c1-13-8-3-2-6(9(10)11)4-7(8)5-12-13/h2-5,9H,1H3. The predicted molar refractivity (Wildman–Crippen MR) is 55.2 cm³/mol. The van der Waals surface area contributed by atoms with E-state index in [4.69, 9.17) is 23.2 Å². The summed E-state index contributed by atoms with van der Waals surface area (Å²) in [7, 11) is 1.90. The van der Waals surface area contributed by atoms with E-state index in [2.05, 4.69) is 5.10 Å². The van der Waals surface area contributed by atoms with Crippen LogP contribution in [-0.2, 0) is 7.05 Å². The van der Waals surface area contributed by atoms with Crippen molar-refractivity contribution in [1.29, 1.82) is 0 Å². The molecule has 0 fully saturated rings. The van der Waals surface area contributed by atoms with E-state index in [0.29, 0.717) is 0 Å². The molecule has 68 valence electrons. The van der Waals surface area contributed by atoms with Gasteiger partial charge in [0, 0.05) is 12.4 Å². The second-order valence-electron chi connectivity index (χ2n) is 2.89. The van der Waals surface area contributed by atoms with Gasteiger partial charge < -0.3 is 0 Å². The number of alkyl halides is 2. The predicted octanol–water partition coefficient (Wildman–Crippen LogP) is 3.05. The number of benzene rings is 1. The number of nitrogens with zero attached hydrogens (tertiary/aromatic N) is 2. The Labute approximate surface area is 86.1 Å². The molecule has 0 atom stereocenters. The molecule has 0 bridgehead atoms. The van der Waals surface area contributed by atoms with Crippen LogP contribution in [0, 0.1) is 0 Å². The molecule has 0 saturated heterocycles. The number of fused-ring (bicyclic) bond motifs is 1. The van der Waals surface area contributed by atoms with Crippen LogP contribution < -0.4 is 0 Å². The van der Waals surface area contributed by atoms with Gasteiger partial charge in [-0.2, -0.15) is 5.10 Å². The summed E-state index contributed by atoms with van der Waals surface area (Å²) in [6.45, 7) is 0. The minimum Gasteiger partial charge on any atom is -0.268 e. The highest BCUT2D eigenvalue weighted by molar-refractivity contribution is 6.44. The Balaban J connectivity index is 2.63. The lowest BCUT2D eigenvalue weighted by molar-refractivity contribution is 0.797. The molecule has 4 heteroatoms. The highest BCUT2D eigenvalue weighted by Crippen LogP contribution is 2.27. The lowest BCUT2D eigenvalue weighted by atomic mass is 10.2. The third-order valence-electron chi connectivity index (χ3n) is 2.02. The minimum absolute atomic E-state index is 0.468. The van der Waals surface area contributed by atoms with Gasteiger partial charge in [0.1, 0.15) is 4.84 Å². The van der Waals surface area contributed by atoms with Crippen molar-refractivity contribution >= 4 is 34.1 Å². The van der Waals surface area contributed by atoms with Gasteiger partial charge in [0.15, 0.2) is 0 Å². The summed E-state index contributed by atoms with van der Waals surface area (Å²) in [6, 6.07) is 5.83. The van der Waals surface area contributed by atoms with Gasteiger partial charge in [-0.05, 0) is 17.7 Å². The fourth-order valence-electron chi connectivity index (χ4n) is 1.32.